The number of fused-ring (bicyclic) bond motifs is 4. The Morgan fingerprint density at radius 1 is 1.19 bits per heavy atom. The van der Waals surface area contributed by atoms with Gasteiger partial charge in [-0.15, -0.1) is 0 Å². The van der Waals surface area contributed by atoms with Crippen LogP contribution < -0.4 is 5.73 Å². The topological polar surface area (TPSA) is 58.7 Å². The first-order valence-electron chi connectivity index (χ1n) is 6.78. The van der Waals surface area contributed by atoms with Crippen molar-refractivity contribution in [2.75, 3.05) is 0 Å². The molecule has 4 nitrogen and oxygen atoms in total. The molecule has 102 valence electrons. The summed E-state index contributed by atoms with van der Waals surface area (Å²) in [6.45, 7) is 0.695. The zero-order chi connectivity index (χ0) is 14.4. The molecule has 2 aromatic carbocycles. The molecule has 2 aromatic rings. The van der Waals surface area contributed by atoms with E-state index in [4.69, 9.17) is 10.7 Å². The standard InChI is InChI=1S/C17H13N3O/c18-16(21)14-6-3-9-20-10-12-8-7-11-4-1-2-5-13(11)15(12)19-17(14)20/h1-9H,10H2,(H2,18,21). The van der Waals surface area contributed by atoms with E-state index in [0.29, 0.717) is 18.0 Å². The molecule has 21 heavy (non-hydrogen) atoms. The van der Waals surface area contributed by atoms with Gasteiger partial charge in [0.05, 0.1) is 17.8 Å². The van der Waals surface area contributed by atoms with Crippen LogP contribution in [0.1, 0.15) is 5.56 Å². The lowest BCUT2D eigenvalue weighted by atomic mass is 10.0. The van der Waals surface area contributed by atoms with Gasteiger partial charge in [-0.3, -0.25) is 4.79 Å². The van der Waals surface area contributed by atoms with Crippen LogP contribution in [0.2, 0.25) is 0 Å². The van der Waals surface area contributed by atoms with E-state index in [9.17, 15) is 4.79 Å². The predicted octanol–water partition coefficient (Wildman–Crippen LogP) is 2.62. The molecule has 1 amide bonds. The maximum atomic E-state index is 11.6. The number of primary amides is 1. The molecule has 0 saturated heterocycles. The molecule has 0 aromatic heterocycles. The number of aliphatic imine (C=N–C) groups is 1. The Morgan fingerprint density at radius 3 is 2.90 bits per heavy atom. The Balaban J connectivity index is 1.98. The largest absolute Gasteiger partial charge is 0.365 e. The van der Waals surface area contributed by atoms with E-state index in [1.807, 2.05) is 29.3 Å². The minimum Gasteiger partial charge on any atom is -0.365 e. The summed E-state index contributed by atoms with van der Waals surface area (Å²) in [4.78, 5) is 18.3. The molecular formula is C17H13N3O. The molecule has 2 aliphatic rings. The van der Waals surface area contributed by atoms with Crippen molar-refractivity contribution in [1.82, 2.24) is 4.90 Å². The van der Waals surface area contributed by atoms with Gasteiger partial charge in [-0.05, 0) is 23.1 Å². The fourth-order valence-electron chi connectivity index (χ4n) is 2.84. The summed E-state index contributed by atoms with van der Waals surface area (Å²) < 4.78 is 0. The van der Waals surface area contributed by atoms with Crippen LogP contribution in [0.4, 0.5) is 5.69 Å². The lowest BCUT2D eigenvalue weighted by Crippen LogP contribution is -2.35. The Hall–Kier alpha value is -2.88. The third-order valence-corrected chi connectivity index (χ3v) is 3.85. The molecule has 0 atom stereocenters. The molecule has 2 heterocycles. The van der Waals surface area contributed by atoms with Crippen molar-refractivity contribution >= 4 is 28.2 Å². The minimum absolute atomic E-state index is 0.452. The zero-order valence-corrected chi connectivity index (χ0v) is 11.3. The highest BCUT2D eigenvalue weighted by Gasteiger charge is 2.26. The number of rotatable bonds is 1. The van der Waals surface area contributed by atoms with Gasteiger partial charge >= 0.3 is 0 Å². The molecule has 2 aliphatic heterocycles. The maximum Gasteiger partial charge on any atom is 0.252 e. The lowest BCUT2D eigenvalue weighted by Gasteiger charge is -2.30. The van der Waals surface area contributed by atoms with Crippen LogP contribution in [-0.2, 0) is 11.3 Å². The highest BCUT2D eigenvalue weighted by atomic mass is 16.1. The van der Waals surface area contributed by atoms with Gasteiger partial charge in [-0.2, -0.15) is 0 Å². The summed E-state index contributed by atoms with van der Waals surface area (Å²) in [5, 5.41) is 2.24. The molecule has 0 fully saturated rings. The second-order valence-corrected chi connectivity index (χ2v) is 5.14. The number of hydrogen-bond acceptors (Lipinski definition) is 3. The minimum atomic E-state index is -0.452. The third-order valence-electron chi connectivity index (χ3n) is 3.85. The quantitative estimate of drug-likeness (QED) is 0.869. The highest BCUT2D eigenvalue weighted by Crippen LogP contribution is 2.35. The number of amidine groups is 1. The van der Waals surface area contributed by atoms with Gasteiger partial charge in [0.15, 0.2) is 0 Å². The van der Waals surface area contributed by atoms with Crippen LogP contribution in [0.25, 0.3) is 10.8 Å². The van der Waals surface area contributed by atoms with E-state index in [2.05, 4.69) is 24.3 Å². The smallest absolute Gasteiger partial charge is 0.252 e. The van der Waals surface area contributed by atoms with Crippen molar-refractivity contribution in [3.05, 3.63) is 65.9 Å². The van der Waals surface area contributed by atoms with E-state index >= 15 is 0 Å². The second kappa shape index (κ2) is 4.31. The molecule has 2 N–H and O–H groups in total. The molecule has 4 heteroatoms. The van der Waals surface area contributed by atoms with Gasteiger partial charge in [0.25, 0.3) is 5.91 Å². The third kappa shape index (κ3) is 1.76. The summed E-state index contributed by atoms with van der Waals surface area (Å²) in [5.41, 5.74) is 7.99. The Bertz CT molecular complexity index is 861. The fraction of sp³-hybridized carbons (Fsp3) is 0.0588. The van der Waals surface area contributed by atoms with Crippen molar-refractivity contribution in [2.24, 2.45) is 10.7 Å². The van der Waals surface area contributed by atoms with Gasteiger partial charge in [0.1, 0.15) is 5.84 Å². The normalized spacial score (nSPS) is 16.1. The van der Waals surface area contributed by atoms with Gasteiger partial charge in [-0.1, -0.05) is 36.4 Å². The fourth-order valence-corrected chi connectivity index (χ4v) is 2.84. The highest BCUT2D eigenvalue weighted by molar-refractivity contribution is 6.22. The molecule has 4 rings (SSSR count). The second-order valence-electron chi connectivity index (χ2n) is 5.14. The van der Waals surface area contributed by atoms with Crippen LogP contribution in [0.5, 0.6) is 0 Å². The summed E-state index contributed by atoms with van der Waals surface area (Å²) in [5.74, 6) is 0.181. The lowest BCUT2D eigenvalue weighted by molar-refractivity contribution is -0.114. The Morgan fingerprint density at radius 2 is 2.05 bits per heavy atom. The number of nitrogens with zero attached hydrogens (tertiary/aromatic N) is 2. The van der Waals surface area contributed by atoms with E-state index in [-0.39, 0.29) is 0 Å². The summed E-state index contributed by atoms with van der Waals surface area (Å²) >= 11 is 0. The van der Waals surface area contributed by atoms with Crippen molar-refractivity contribution in [3.63, 3.8) is 0 Å². The number of carbonyl (C=O) groups is 1. The van der Waals surface area contributed by atoms with Crippen LogP contribution in [-0.4, -0.2) is 16.6 Å². The Labute approximate surface area is 121 Å². The van der Waals surface area contributed by atoms with Crippen LogP contribution in [0.3, 0.4) is 0 Å². The number of hydrogen-bond donors (Lipinski definition) is 1. The Kier molecular flexibility index (Phi) is 2.44. The average molecular weight is 275 g/mol. The van der Waals surface area contributed by atoms with E-state index < -0.39 is 5.91 Å². The maximum absolute atomic E-state index is 11.6. The summed E-state index contributed by atoms with van der Waals surface area (Å²) in [6.07, 6.45) is 5.46. The first-order chi connectivity index (χ1) is 10.2. The van der Waals surface area contributed by atoms with Gasteiger partial charge in [0, 0.05) is 11.6 Å². The van der Waals surface area contributed by atoms with Crippen molar-refractivity contribution in [2.45, 2.75) is 6.54 Å². The molecule has 0 radical (unpaired) electrons. The van der Waals surface area contributed by atoms with Crippen LogP contribution in [0.15, 0.2) is 65.3 Å². The first kappa shape index (κ1) is 11.9. The molecule has 0 spiro atoms. The number of nitrogens with two attached hydrogens (primary N) is 1. The summed E-state index contributed by atoms with van der Waals surface area (Å²) in [7, 11) is 0. The van der Waals surface area contributed by atoms with E-state index in [0.717, 1.165) is 22.0 Å². The van der Waals surface area contributed by atoms with Crippen LogP contribution >= 0.6 is 0 Å². The zero-order valence-electron chi connectivity index (χ0n) is 11.3. The van der Waals surface area contributed by atoms with Gasteiger partial charge < -0.3 is 10.6 Å². The molecular weight excluding hydrogens is 262 g/mol. The number of amides is 1. The number of benzene rings is 2. The van der Waals surface area contributed by atoms with E-state index in [1.165, 1.54) is 0 Å². The molecule has 0 unspecified atom stereocenters. The van der Waals surface area contributed by atoms with Crippen molar-refractivity contribution in [3.8, 4) is 0 Å². The molecule has 0 aliphatic carbocycles. The number of allylic oxidation sites excluding steroid dienone is 2. The van der Waals surface area contributed by atoms with Crippen LogP contribution in [0, 0.1) is 0 Å². The molecule has 0 bridgehead atoms. The SMILES string of the molecule is NC(=O)C1=CC=CN2Cc3ccc4ccccc4c3N=C12. The van der Waals surface area contributed by atoms with E-state index in [1.54, 1.807) is 6.08 Å². The number of carbonyl (C=O) groups excluding carboxylic acids is 1. The van der Waals surface area contributed by atoms with Crippen molar-refractivity contribution < 1.29 is 4.79 Å². The predicted molar refractivity (Wildman–Crippen MR) is 83.0 cm³/mol. The summed E-state index contributed by atoms with van der Waals surface area (Å²) in [6, 6.07) is 12.3. The van der Waals surface area contributed by atoms with Gasteiger partial charge in [0.2, 0.25) is 0 Å². The average Bonchev–Trinajstić information content (AvgIpc) is 2.52. The first-order valence-corrected chi connectivity index (χ1v) is 6.78. The monoisotopic (exact) mass is 275 g/mol. The van der Waals surface area contributed by atoms with Gasteiger partial charge in [-0.25, -0.2) is 4.99 Å². The molecule has 0 saturated carbocycles. The van der Waals surface area contributed by atoms with Crippen molar-refractivity contribution in [1.29, 1.82) is 0 Å².